The largest absolute Gasteiger partial charge is 1.00 e. The number of carbonyl (C=O) groups excluding carboxylic acids is 1. The summed E-state index contributed by atoms with van der Waals surface area (Å²) in [5.41, 5.74) is 2.54. The standard InChI is InChI=1S/C27H24N6O6S.Na/c1-38-25-16-20(32-30-18-7-4-3-5-8-18)11-13-23(25)28-27(34)29-24-14-12-21(17-26(24)39-2)33-31-19-9-6-10-22(15-19)40(35,36)37;/h3-17H,1-2H3,(H2,28,29,34)(H,35,36,37);/q;+1/p-1. The first-order valence-corrected chi connectivity index (χ1v) is 13.0. The average molecular weight is 583 g/mol. The molecule has 2 amide bonds. The molecule has 0 aromatic heterocycles. The Morgan fingerprint density at radius 1 is 0.659 bits per heavy atom. The van der Waals surface area contributed by atoms with Gasteiger partial charge in [-0.3, -0.25) is 0 Å². The van der Waals surface area contributed by atoms with E-state index in [1.807, 2.05) is 30.3 Å². The summed E-state index contributed by atoms with van der Waals surface area (Å²) in [5.74, 6) is 0.683. The van der Waals surface area contributed by atoms with Gasteiger partial charge in [0.05, 0.1) is 53.2 Å². The first-order valence-electron chi connectivity index (χ1n) is 11.6. The predicted octanol–water partition coefficient (Wildman–Crippen LogP) is 4.09. The molecular weight excluding hydrogens is 559 g/mol. The molecule has 0 unspecified atom stereocenters. The first-order chi connectivity index (χ1) is 19.2. The number of rotatable bonds is 9. The van der Waals surface area contributed by atoms with Gasteiger partial charge in [0.1, 0.15) is 21.6 Å². The molecule has 2 N–H and O–H groups in total. The van der Waals surface area contributed by atoms with Crippen molar-refractivity contribution in [2.75, 3.05) is 24.9 Å². The van der Waals surface area contributed by atoms with Crippen LogP contribution >= 0.6 is 0 Å². The second-order valence-corrected chi connectivity index (χ2v) is 9.41. The Kier molecular flexibility index (Phi) is 11.1. The van der Waals surface area contributed by atoms with E-state index in [1.165, 1.54) is 38.5 Å². The maximum atomic E-state index is 12.7. The summed E-state index contributed by atoms with van der Waals surface area (Å²) < 4.78 is 44.4. The summed E-state index contributed by atoms with van der Waals surface area (Å²) in [6.45, 7) is 0. The molecule has 204 valence electrons. The van der Waals surface area contributed by atoms with Gasteiger partial charge in [-0.25, -0.2) is 13.2 Å². The molecule has 0 radical (unpaired) electrons. The molecule has 14 heteroatoms. The van der Waals surface area contributed by atoms with Crippen molar-refractivity contribution in [2.45, 2.75) is 4.90 Å². The van der Waals surface area contributed by atoms with Crippen LogP contribution in [0.1, 0.15) is 0 Å². The summed E-state index contributed by atoms with van der Waals surface area (Å²) in [7, 11) is -1.71. The molecule has 4 aromatic rings. The van der Waals surface area contributed by atoms with E-state index in [9.17, 15) is 17.8 Å². The molecule has 0 spiro atoms. The van der Waals surface area contributed by atoms with Gasteiger partial charge in [0.2, 0.25) is 0 Å². The zero-order chi connectivity index (χ0) is 28.5. The van der Waals surface area contributed by atoms with E-state index in [1.54, 1.807) is 30.3 Å². The van der Waals surface area contributed by atoms with Crippen molar-refractivity contribution in [1.29, 1.82) is 0 Å². The van der Waals surface area contributed by atoms with Crippen molar-refractivity contribution in [1.82, 2.24) is 0 Å². The molecule has 0 saturated heterocycles. The Hall–Kier alpha value is -4.14. The van der Waals surface area contributed by atoms with Gasteiger partial charge in [0, 0.05) is 12.1 Å². The van der Waals surface area contributed by atoms with Crippen molar-refractivity contribution in [2.24, 2.45) is 20.5 Å². The number of anilines is 2. The van der Waals surface area contributed by atoms with Crippen LogP contribution < -0.4 is 49.7 Å². The van der Waals surface area contributed by atoms with E-state index in [0.717, 1.165) is 6.07 Å². The molecule has 0 aliphatic carbocycles. The van der Waals surface area contributed by atoms with E-state index < -0.39 is 21.0 Å². The molecule has 41 heavy (non-hydrogen) atoms. The van der Waals surface area contributed by atoms with Gasteiger partial charge >= 0.3 is 35.6 Å². The van der Waals surface area contributed by atoms with E-state index in [4.69, 9.17) is 9.47 Å². The molecular formula is C27H23N6NaO6S. The monoisotopic (exact) mass is 582 g/mol. The third kappa shape index (κ3) is 8.93. The van der Waals surface area contributed by atoms with Crippen LogP contribution in [0.15, 0.2) is 116 Å². The normalized spacial score (nSPS) is 11.2. The molecule has 0 heterocycles. The van der Waals surface area contributed by atoms with Crippen LogP contribution in [0, 0.1) is 0 Å². The Balaban J connectivity index is 0.00000462. The average Bonchev–Trinajstić information content (AvgIpc) is 2.96. The van der Waals surface area contributed by atoms with Crippen molar-refractivity contribution >= 4 is 50.3 Å². The smallest absolute Gasteiger partial charge is 0.744 e. The summed E-state index contributed by atoms with van der Waals surface area (Å²) in [4.78, 5) is 12.3. The van der Waals surface area contributed by atoms with Gasteiger partial charge in [0.25, 0.3) is 0 Å². The molecule has 0 fully saturated rings. The van der Waals surface area contributed by atoms with Gasteiger partial charge in [-0.05, 0) is 54.6 Å². The van der Waals surface area contributed by atoms with Gasteiger partial charge in [-0.2, -0.15) is 20.5 Å². The molecule has 0 bridgehead atoms. The van der Waals surface area contributed by atoms with Crippen molar-refractivity contribution < 1.29 is 56.8 Å². The van der Waals surface area contributed by atoms with Crippen LogP contribution in [0.3, 0.4) is 0 Å². The number of benzene rings is 4. The van der Waals surface area contributed by atoms with Gasteiger partial charge in [-0.15, -0.1) is 0 Å². The van der Waals surface area contributed by atoms with Gasteiger partial charge in [0.15, 0.2) is 0 Å². The van der Waals surface area contributed by atoms with Crippen molar-refractivity contribution in [3.8, 4) is 11.5 Å². The minimum atomic E-state index is -4.61. The van der Waals surface area contributed by atoms with E-state index in [0.29, 0.717) is 39.9 Å². The number of methoxy groups -OCH3 is 2. The Labute approximate surface area is 258 Å². The van der Waals surface area contributed by atoms with E-state index in [-0.39, 0.29) is 35.2 Å². The number of nitrogens with zero attached hydrogens (tertiary/aromatic N) is 4. The van der Waals surface area contributed by atoms with Crippen molar-refractivity contribution in [3.05, 3.63) is 91.0 Å². The third-order valence-corrected chi connectivity index (χ3v) is 6.12. The van der Waals surface area contributed by atoms with Crippen LogP contribution in [0.25, 0.3) is 0 Å². The summed E-state index contributed by atoms with van der Waals surface area (Å²) >= 11 is 0. The minimum absolute atomic E-state index is 0. The van der Waals surface area contributed by atoms with Crippen molar-refractivity contribution in [3.63, 3.8) is 0 Å². The molecule has 0 saturated carbocycles. The number of hydrogen-bond donors (Lipinski definition) is 2. The number of amides is 2. The first kappa shape index (κ1) is 31.4. The Bertz CT molecular complexity index is 1680. The number of hydrogen-bond acceptors (Lipinski definition) is 10. The molecule has 0 aliphatic heterocycles. The van der Waals surface area contributed by atoms with Crippen LogP contribution in [0.4, 0.5) is 38.9 Å². The van der Waals surface area contributed by atoms with Gasteiger partial charge in [-0.1, -0.05) is 24.3 Å². The number of ether oxygens (including phenoxy) is 2. The van der Waals surface area contributed by atoms with E-state index in [2.05, 4.69) is 31.1 Å². The maximum Gasteiger partial charge on any atom is 1.00 e. The quantitative estimate of drug-likeness (QED) is 0.171. The molecule has 4 aromatic carbocycles. The summed E-state index contributed by atoms with van der Waals surface area (Å²) in [6, 6.07) is 23.5. The zero-order valence-corrected chi connectivity index (χ0v) is 25.1. The van der Waals surface area contributed by atoms with E-state index >= 15 is 0 Å². The predicted molar refractivity (Wildman–Crippen MR) is 148 cm³/mol. The third-order valence-electron chi connectivity index (χ3n) is 5.29. The van der Waals surface area contributed by atoms with Crippen LogP contribution in [0.2, 0.25) is 0 Å². The Morgan fingerprint density at radius 2 is 1.12 bits per heavy atom. The molecule has 0 aliphatic rings. The molecule has 4 rings (SSSR count). The number of carbonyl (C=O) groups is 1. The second kappa shape index (κ2) is 14.5. The van der Waals surface area contributed by atoms with Crippen LogP contribution in [-0.4, -0.2) is 33.2 Å². The van der Waals surface area contributed by atoms with Crippen LogP contribution in [-0.2, 0) is 10.1 Å². The fourth-order valence-corrected chi connectivity index (χ4v) is 3.90. The molecule has 12 nitrogen and oxygen atoms in total. The molecule has 0 atom stereocenters. The number of urea groups is 1. The second-order valence-electron chi connectivity index (χ2n) is 8.04. The van der Waals surface area contributed by atoms with Crippen LogP contribution in [0.5, 0.6) is 11.5 Å². The topological polar surface area (TPSA) is 166 Å². The summed E-state index contributed by atoms with van der Waals surface area (Å²) in [5, 5.41) is 21.8. The number of nitrogens with one attached hydrogen (secondary N) is 2. The fraction of sp³-hybridized carbons (Fsp3) is 0.0741. The zero-order valence-electron chi connectivity index (χ0n) is 22.3. The summed E-state index contributed by atoms with van der Waals surface area (Å²) in [6.07, 6.45) is 0. The minimum Gasteiger partial charge on any atom is -0.744 e. The Morgan fingerprint density at radius 3 is 1.61 bits per heavy atom. The maximum absolute atomic E-state index is 12.7. The number of azo groups is 2. The fourth-order valence-electron chi connectivity index (χ4n) is 3.39. The van der Waals surface area contributed by atoms with Gasteiger partial charge < -0.3 is 24.7 Å². The SMILES string of the molecule is COc1cc(N=Nc2ccccc2)ccc1NC(=O)Nc1ccc(N=Nc2cccc(S(=O)(=O)[O-])c2)cc1OC.[Na+].